The lowest BCUT2D eigenvalue weighted by Crippen LogP contribution is -2.17. The van der Waals surface area contributed by atoms with Crippen LogP contribution in [0.3, 0.4) is 0 Å². The number of aryl methyl sites for hydroxylation is 1. The van der Waals surface area contributed by atoms with Crippen LogP contribution in [0.5, 0.6) is 11.5 Å². The van der Waals surface area contributed by atoms with Gasteiger partial charge in [0.25, 0.3) is 5.91 Å². The SMILES string of the molecule is COc1cc(/C=N\NC(=O)c2ccc(C)c(Cl)c2)ccc1OCc1ccccc1Cl. The van der Waals surface area contributed by atoms with Crippen molar-refractivity contribution in [2.75, 3.05) is 7.11 Å². The first-order chi connectivity index (χ1) is 14.5. The van der Waals surface area contributed by atoms with Crippen molar-refractivity contribution in [3.8, 4) is 11.5 Å². The van der Waals surface area contributed by atoms with Gasteiger partial charge in [0.05, 0.1) is 13.3 Å². The number of nitrogens with one attached hydrogen (secondary N) is 1. The van der Waals surface area contributed by atoms with E-state index in [1.165, 1.54) is 6.21 Å². The largest absolute Gasteiger partial charge is 0.493 e. The lowest BCUT2D eigenvalue weighted by atomic mass is 10.1. The summed E-state index contributed by atoms with van der Waals surface area (Å²) in [4.78, 5) is 12.2. The maximum absolute atomic E-state index is 12.2. The average molecular weight is 443 g/mol. The highest BCUT2D eigenvalue weighted by molar-refractivity contribution is 6.31. The molecule has 0 unspecified atom stereocenters. The number of nitrogens with zero attached hydrogens (tertiary/aromatic N) is 1. The predicted molar refractivity (Wildman–Crippen MR) is 120 cm³/mol. The van der Waals surface area contributed by atoms with Crippen LogP contribution in [0.15, 0.2) is 65.8 Å². The minimum Gasteiger partial charge on any atom is -0.493 e. The number of carbonyl (C=O) groups excluding carboxylic acids is 1. The Labute approximate surface area is 185 Å². The third kappa shape index (κ3) is 5.53. The molecule has 154 valence electrons. The predicted octanol–water partition coefficient (Wildman–Crippen LogP) is 5.65. The van der Waals surface area contributed by atoms with Crippen molar-refractivity contribution in [3.63, 3.8) is 0 Å². The molecule has 0 aromatic heterocycles. The molecular formula is C23H20Cl2N2O3. The highest BCUT2D eigenvalue weighted by Gasteiger charge is 2.08. The summed E-state index contributed by atoms with van der Waals surface area (Å²) in [7, 11) is 1.56. The van der Waals surface area contributed by atoms with Crippen LogP contribution in [-0.2, 0) is 6.61 Å². The molecule has 0 bridgehead atoms. The van der Waals surface area contributed by atoms with Crippen molar-refractivity contribution < 1.29 is 14.3 Å². The number of hydrazone groups is 1. The lowest BCUT2D eigenvalue weighted by Gasteiger charge is -2.12. The Morgan fingerprint density at radius 2 is 1.83 bits per heavy atom. The number of hydrogen-bond acceptors (Lipinski definition) is 4. The summed E-state index contributed by atoms with van der Waals surface area (Å²) in [6.45, 7) is 2.19. The maximum Gasteiger partial charge on any atom is 0.271 e. The quantitative estimate of drug-likeness (QED) is 0.379. The summed E-state index contributed by atoms with van der Waals surface area (Å²) in [6.07, 6.45) is 1.52. The second kappa shape index (κ2) is 10.1. The zero-order valence-corrected chi connectivity index (χ0v) is 18.0. The molecule has 0 spiro atoms. The number of amides is 1. The standard InChI is InChI=1S/C23H20Cl2N2O3/c1-15-7-9-17(12-20(15)25)23(28)27-26-13-16-8-10-21(22(11-16)29-2)30-14-18-5-3-4-6-19(18)24/h3-13H,14H2,1-2H3,(H,27,28)/b26-13-. The van der Waals surface area contributed by atoms with E-state index in [0.29, 0.717) is 33.7 Å². The minimum absolute atomic E-state index is 0.318. The van der Waals surface area contributed by atoms with Crippen molar-refractivity contribution in [1.29, 1.82) is 0 Å². The van der Waals surface area contributed by atoms with Crippen LogP contribution in [0.2, 0.25) is 10.0 Å². The molecular weight excluding hydrogens is 423 g/mol. The Morgan fingerprint density at radius 1 is 1.03 bits per heavy atom. The van der Waals surface area contributed by atoms with Crippen molar-refractivity contribution in [2.45, 2.75) is 13.5 Å². The number of methoxy groups -OCH3 is 1. The Morgan fingerprint density at radius 3 is 2.57 bits per heavy atom. The average Bonchev–Trinajstić information content (AvgIpc) is 2.75. The maximum atomic E-state index is 12.2. The van der Waals surface area contributed by atoms with Gasteiger partial charge >= 0.3 is 0 Å². The van der Waals surface area contributed by atoms with Gasteiger partial charge in [-0.2, -0.15) is 5.10 Å². The fourth-order valence-electron chi connectivity index (χ4n) is 2.62. The molecule has 7 heteroatoms. The van der Waals surface area contributed by atoms with E-state index in [2.05, 4.69) is 10.5 Å². The van der Waals surface area contributed by atoms with Crippen LogP contribution in [0.4, 0.5) is 0 Å². The molecule has 0 aliphatic rings. The van der Waals surface area contributed by atoms with Gasteiger partial charge in [-0.1, -0.05) is 47.5 Å². The number of carbonyl (C=O) groups is 1. The molecule has 5 nitrogen and oxygen atoms in total. The normalized spacial score (nSPS) is 10.8. The molecule has 0 fully saturated rings. The van der Waals surface area contributed by atoms with E-state index in [0.717, 1.165) is 16.7 Å². The van der Waals surface area contributed by atoms with Crippen molar-refractivity contribution >= 4 is 35.3 Å². The fraction of sp³-hybridized carbons (Fsp3) is 0.130. The molecule has 3 aromatic rings. The van der Waals surface area contributed by atoms with E-state index in [1.54, 1.807) is 37.4 Å². The van der Waals surface area contributed by atoms with E-state index in [4.69, 9.17) is 32.7 Å². The summed E-state index contributed by atoms with van der Waals surface area (Å²) < 4.78 is 11.2. The van der Waals surface area contributed by atoms with Crippen molar-refractivity contribution in [1.82, 2.24) is 5.43 Å². The van der Waals surface area contributed by atoms with Gasteiger partial charge in [-0.3, -0.25) is 4.79 Å². The molecule has 0 atom stereocenters. The first-order valence-corrected chi connectivity index (χ1v) is 9.87. The first kappa shape index (κ1) is 21.7. The van der Waals surface area contributed by atoms with Gasteiger partial charge in [0.2, 0.25) is 0 Å². The molecule has 1 amide bonds. The van der Waals surface area contributed by atoms with Gasteiger partial charge in [-0.25, -0.2) is 5.43 Å². The molecule has 0 aliphatic carbocycles. The molecule has 0 saturated heterocycles. The molecule has 30 heavy (non-hydrogen) atoms. The van der Waals surface area contributed by atoms with E-state index in [-0.39, 0.29) is 5.91 Å². The fourth-order valence-corrected chi connectivity index (χ4v) is 2.99. The second-order valence-electron chi connectivity index (χ2n) is 6.45. The van der Waals surface area contributed by atoms with Crippen LogP contribution in [-0.4, -0.2) is 19.2 Å². The highest BCUT2D eigenvalue weighted by atomic mass is 35.5. The molecule has 1 N–H and O–H groups in total. The second-order valence-corrected chi connectivity index (χ2v) is 7.27. The zero-order chi connectivity index (χ0) is 21.5. The van der Waals surface area contributed by atoms with Crippen LogP contribution in [0.25, 0.3) is 0 Å². The van der Waals surface area contributed by atoms with E-state index >= 15 is 0 Å². The number of rotatable bonds is 7. The lowest BCUT2D eigenvalue weighted by molar-refractivity contribution is 0.0955. The smallest absolute Gasteiger partial charge is 0.271 e. The molecule has 3 rings (SSSR count). The Bertz CT molecular complexity index is 1080. The third-order valence-corrected chi connectivity index (χ3v) is 5.12. The van der Waals surface area contributed by atoms with Gasteiger partial charge in [-0.05, 0) is 54.4 Å². The summed E-state index contributed by atoms with van der Waals surface area (Å²) >= 11 is 12.2. The highest BCUT2D eigenvalue weighted by Crippen LogP contribution is 2.29. The van der Waals surface area contributed by atoms with Gasteiger partial charge in [-0.15, -0.1) is 0 Å². The molecule has 0 heterocycles. The number of benzene rings is 3. The monoisotopic (exact) mass is 442 g/mol. The van der Waals surface area contributed by atoms with Crippen molar-refractivity contribution in [2.24, 2.45) is 5.10 Å². The van der Waals surface area contributed by atoms with Crippen LogP contribution < -0.4 is 14.9 Å². The van der Waals surface area contributed by atoms with Gasteiger partial charge in [0.1, 0.15) is 6.61 Å². The number of hydrogen-bond donors (Lipinski definition) is 1. The summed E-state index contributed by atoms with van der Waals surface area (Å²) in [5.74, 6) is 0.773. The summed E-state index contributed by atoms with van der Waals surface area (Å²) in [6, 6.07) is 17.9. The van der Waals surface area contributed by atoms with E-state index in [1.807, 2.05) is 37.3 Å². The van der Waals surface area contributed by atoms with Gasteiger partial charge < -0.3 is 9.47 Å². The summed E-state index contributed by atoms with van der Waals surface area (Å²) in [5, 5.41) is 5.17. The van der Waals surface area contributed by atoms with Gasteiger partial charge in [0.15, 0.2) is 11.5 Å². The topological polar surface area (TPSA) is 59.9 Å². The Kier molecular flexibility index (Phi) is 7.33. The van der Waals surface area contributed by atoms with Crippen molar-refractivity contribution in [3.05, 3.63) is 93.0 Å². The summed E-state index contributed by atoms with van der Waals surface area (Å²) in [5.41, 5.74) is 5.44. The third-order valence-electron chi connectivity index (χ3n) is 4.34. The molecule has 0 aliphatic heterocycles. The Hall–Kier alpha value is -3.02. The number of ether oxygens (including phenoxy) is 2. The van der Waals surface area contributed by atoms with E-state index < -0.39 is 0 Å². The van der Waals surface area contributed by atoms with Crippen LogP contribution >= 0.6 is 23.2 Å². The van der Waals surface area contributed by atoms with Crippen LogP contribution in [0, 0.1) is 6.92 Å². The first-order valence-electron chi connectivity index (χ1n) is 9.11. The van der Waals surface area contributed by atoms with Gasteiger partial charge in [0, 0.05) is 21.2 Å². The molecule has 0 saturated carbocycles. The van der Waals surface area contributed by atoms with E-state index in [9.17, 15) is 4.79 Å². The number of halogens is 2. The molecule has 3 aromatic carbocycles. The minimum atomic E-state index is -0.347. The van der Waals surface area contributed by atoms with Crippen LogP contribution in [0.1, 0.15) is 27.0 Å². The zero-order valence-electron chi connectivity index (χ0n) is 16.5. The molecule has 0 radical (unpaired) electrons. The Balaban J connectivity index is 1.64.